The zero-order valence-corrected chi connectivity index (χ0v) is 21.8. The average molecular weight is 537 g/mol. The number of anilines is 1. The Labute approximate surface area is 223 Å². The van der Waals surface area contributed by atoms with Gasteiger partial charge in [-0.15, -0.1) is 0 Å². The lowest BCUT2D eigenvalue weighted by atomic mass is 9.51. The third kappa shape index (κ3) is 3.06. The predicted octanol–water partition coefficient (Wildman–Crippen LogP) is 4.35. The number of hydrogen-bond donors (Lipinski definition) is 1. The quantitative estimate of drug-likeness (QED) is 0.455. The van der Waals surface area contributed by atoms with Crippen molar-refractivity contribution >= 4 is 40.9 Å². The molecule has 6 rings (SSSR count). The van der Waals surface area contributed by atoms with Crippen molar-refractivity contribution in [2.45, 2.75) is 32.6 Å². The maximum absolute atomic E-state index is 14.2. The number of nitrogens with zero attached hydrogens (tertiary/aromatic N) is 2. The van der Waals surface area contributed by atoms with Gasteiger partial charge in [0.1, 0.15) is 11.6 Å². The molecule has 2 heterocycles. The Balaban J connectivity index is 1.56. The second-order valence-electron chi connectivity index (χ2n) is 11.0. The maximum atomic E-state index is 14.2. The summed E-state index contributed by atoms with van der Waals surface area (Å²) in [5.41, 5.74) is 0.774. The van der Waals surface area contributed by atoms with E-state index in [4.69, 9.17) is 11.6 Å². The van der Waals surface area contributed by atoms with Crippen molar-refractivity contribution in [3.63, 3.8) is 0 Å². The van der Waals surface area contributed by atoms with E-state index in [1.54, 1.807) is 32.0 Å². The van der Waals surface area contributed by atoms with Crippen LogP contribution >= 0.6 is 11.6 Å². The molecule has 2 aromatic carbocycles. The van der Waals surface area contributed by atoms with E-state index in [2.05, 4.69) is 0 Å². The number of fused-ring (bicyclic) bond motifs is 4. The molecule has 2 aromatic rings. The van der Waals surface area contributed by atoms with Crippen LogP contribution in [-0.4, -0.2) is 40.7 Å². The smallest absolute Gasteiger partial charge is 0.241 e. The Bertz CT molecular complexity index is 1490. The number of allylic oxidation sites excluding steroid dienone is 2. The highest BCUT2D eigenvalue weighted by Crippen LogP contribution is 2.64. The fourth-order valence-corrected chi connectivity index (χ4v) is 7.48. The molecule has 38 heavy (non-hydrogen) atoms. The van der Waals surface area contributed by atoms with Crippen LogP contribution in [0.4, 0.5) is 10.1 Å². The van der Waals surface area contributed by atoms with Crippen LogP contribution < -0.4 is 4.90 Å². The zero-order valence-electron chi connectivity index (χ0n) is 21.1. The van der Waals surface area contributed by atoms with Gasteiger partial charge in [-0.3, -0.25) is 24.1 Å². The highest BCUT2D eigenvalue weighted by molar-refractivity contribution is 6.31. The van der Waals surface area contributed by atoms with E-state index in [1.165, 1.54) is 19.2 Å². The minimum Gasteiger partial charge on any atom is -0.507 e. The largest absolute Gasteiger partial charge is 0.507 e. The lowest BCUT2D eigenvalue weighted by Gasteiger charge is -2.49. The second-order valence-corrected chi connectivity index (χ2v) is 11.4. The number of likely N-dealkylation sites (tertiary alicyclic amines) is 1. The number of aryl methyl sites for hydroxylation is 1. The second kappa shape index (κ2) is 8.24. The van der Waals surface area contributed by atoms with Crippen LogP contribution in [0.25, 0.3) is 0 Å². The van der Waals surface area contributed by atoms with Crippen molar-refractivity contribution in [2.75, 3.05) is 11.9 Å². The number of carbonyl (C=O) groups is 4. The molecule has 0 spiro atoms. The Morgan fingerprint density at radius 2 is 1.79 bits per heavy atom. The molecule has 2 saturated heterocycles. The summed E-state index contributed by atoms with van der Waals surface area (Å²) < 4.78 is 13.9. The molecule has 0 radical (unpaired) electrons. The van der Waals surface area contributed by atoms with E-state index in [-0.39, 0.29) is 34.7 Å². The topological polar surface area (TPSA) is 95.0 Å². The van der Waals surface area contributed by atoms with E-state index < -0.39 is 52.6 Å². The first-order chi connectivity index (χ1) is 18.0. The molecule has 1 saturated carbocycles. The van der Waals surface area contributed by atoms with Crippen LogP contribution in [0.5, 0.6) is 5.75 Å². The first-order valence-corrected chi connectivity index (χ1v) is 13.0. The van der Waals surface area contributed by atoms with Gasteiger partial charge in [0, 0.05) is 18.5 Å². The van der Waals surface area contributed by atoms with Gasteiger partial charge in [0.25, 0.3) is 0 Å². The Kier molecular flexibility index (Phi) is 5.38. The molecule has 0 aromatic heterocycles. The number of aromatic hydroxyl groups is 1. The fourth-order valence-electron chi connectivity index (χ4n) is 7.30. The molecule has 9 heteroatoms. The zero-order chi connectivity index (χ0) is 27.3. The first-order valence-electron chi connectivity index (χ1n) is 12.6. The van der Waals surface area contributed by atoms with Gasteiger partial charge in [0.15, 0.2) is 0 Å². The summed E-state index contributed by atoms with van der Waals surface area (Å²) in [5, 5.41) is 11.0. The summed E-state index contributed by atoms with van der Waals surface area (Å²) >= 11 is 6.00. The standard InChI is InChI=1S/C29H26ClFN2O5/c1-13-5-4-6-17(24(13)34)23-15-8-9-16-22(27(37)32(3)25(16)35)18(15)12-19-26(36)33(28(38)29(19,23)2)14-7-10-21(31)20(30)11-14/h4-8,10-11,16,18-19,22-23,34H,9,12H2,1-3H3. The van der Waals surface area contributed by atoms with Crippen LogP contribution in [0.1, 0.15) is 36.8 Å². The number of para-hydroxylation sites is 1. The number of amides is 4. The van der Waals surface area contributed by atoms with Crippen LogP contribution in [-0.2, 0) is 19.2 Å². The molecule has 0 bridgehead atoms. The SMILES string of the molecule is Cc1cccc(C2C3=CCC4C(=O)N(C)C(=O)C4C3CC3C(=O)N(c4ccc(F)c(Cl)c4)C(=O)C32C)c1O. The summed E-state index contributed by atoms with van der Waals surface area (Å²) in [6.07, 6.45) is 2.48. The molecule has 2 aliphatic carbocycles. The van der Waals surface area contributed by atoms with Crippen molar-refractivity contribution in [3.05, 3.63) is 70.0 Å². The Morgan fingerprint density at radius 3 is 2.50 bits per heavy atom. The molecule has 4 aliphatic rings. The van der Waals surface area contributed by atoms with Crippen LogP contribution in [0, 0.1) is 41.8 Å². The molecular formula is C29H26ClFN2O5. The summed E-state index contributed by atoms with van der Waals surface area (Å²) in [6, 6.07) is 8.99. The predicted molar refractivity (Wildman–Crippen MR) is 137 cm³/mol. The molecule has 6 unspecified atom stereocenters. The third-order valence-corrected chi connectivity index (χ3v) is 9.53. The van der Waals surface area contributed by atoms with Gasteiger partial charge in [-0.25, -0.2) is 9.29 Å². The molecule has 196 valence electrons. The van der Waals surface area contributed by atoms with Gasteiger partial charge in [0.2, 0.25) is 23.6 Å². The molecule has 6 atom stereocenters. The van der Waals surface area contributed by atoms with Gasteiger partial charge >= 0.3 is 0 Å². The lowest BCUT2D eigenvalue weighted by molar-refractivity contribution is -0.138. The number of halogens is 2. The van der Waals surface area contributed by atoms with Gasteiger partial charge in [-0.2, -0.15) is 0 Å². The molecule has 2 aliphatic heterocycles. The van der Waals surface area contributed by atoms with Crippen molar-refractivity contribution in [1.29, 1.82) is 0 Å². The molecular weight excluding hydrogens is 511 g/mol. The average Bonchev–Trinajstić information content (AvgIpc) is 3.23. The van der Waals surface area contributed by atoms with Crippen LogP contribution in [0.3, 0.4) is 0 Å². The number of hydrogen-bond acceptors (Lipinski definition) is 5. The summed E-state index contributed by atoms with van der Waals surface area (Å²) in [6.45, 7) is 3.49. The number of rotatable bonds is 2. The van der Waals surface area contributed by atoms with Crippen molar-refractivity contribution < 1.29 is 28.7 Å². The minimum atomic E-state index is -1.30. The molecule has 4 amide bonds. The van der Waals surface area contributed by atoms with E-state index in [0.717, 1.165) is 21.4 Å². The van der Waals surface area contributed by atoms with Crippen molar-refractivity contribution in [2.24, 2.45) is 29.1 Å². The maximum Gasteiger partial charge on any atom is 0.241 e. The number of benzene rings is 2. The van der Waals surface area contributed by atoms with Gasteiger partial charge < -0.3 is 5.11 Å². The van der Waals surface area contributed by atoms with Crippen molar-refractivity contribution in [1.82, 2.24) is 4.90 Å². The van der Waals surface area contributed by atoms with E-state index in [0.29, 0.717) is 17.5 Å². The van der Waals surface area contributed by atoms with Gasteiger partial charge in [-0.1, -0.05) is 41.4 Å². The minimum absolute atomic E-state index is 0.0237. The van der Waals surface area contributed by atoms with Gasteiger partial charge in [-0.05, 0) is 56.4 Å². The Morgan fingerprint density at radius 1 is 1.05 bits per heavy atom. The van der Waals surface area contributed by atoms with E-state index in [1.807, 2.05) is 6.08 Å². The monoisotopic (exact) mass is 536 g/mol. The summed E-state index contributed by atoms with van der Waals surface area (Å²) in [7, 11) is 1.48. The lowest BCUT2D eigenvalue weighted by Crippen LogP contribution is -2.48. The molecule has 3 fully saturated rings. The molecule has 1 N–H and O–H groups in total. The highest BCUT2D eigenvalue weighted by Gasteiger charge is 2.67. The highest BCUT2D eigenvalue weighted by atomic mass is 35.5. The normalized spacial score (nSPS) is 32.3. The molecule has 7 nitrogen and oxygen atoms in total. The Hall–Kier alpha value is -3.52. The van der Waals surface area contributed by atoms with Crippen LogP contribution in [0.15, 0.2) is 48.0 Å². The van der Waals surface area contributed by atoms with Crippen molar-refractivity contribution in [3.8, 4) is 5.75 Å². The van der Waals surface area contributed by atoms with Gasteiger partial charge in [0.05, 0.1) is 33.9 Å². The summed E-state index contributed by atoms with van der Waals surface area (Å²) in [5.74, 6) is -5.27. The van der Waals surface area contributed by atoms with E-state index in [9.17, 15) is 28.7 Å². The first kappa shape index (κ1) is 24.8. The number of phenols is 1. The summed E-state index contributed by atoms with van der Waals surface area (Å²) in [4.78, 5) is 56.5. The third-order valence-electron chi connectivity index (χ3n) is 9.24. The van der Waals surface area contributed by atoms with Crippen LogP contribution in [0.2, 0.25) is 5.02 Å². The number of phenolic OH excluding ortho intramolecular Hbond substituents is 1. The number of carbonyl (C=O) groups excluding carboxylic acids is 4. The fraction of sp³-hybridized carbons (Fsp3) is 0.379. The van der Waals surface area contributed by atoms with E-state index >= 15 is 0 Å². The number of imide groups is 2.